The quantitative estimate of drug-likeness (QED) is 0.541. The van der Waals surface area contributed by atoms with Gasteiger partial charge < -0.3 is 20.1 Å². The van der Waals surface area contributed by atoms with Crippen LogP contribution in [0.3, 0.4) is 0 Å². The molecule has 5 rings (SSSR count). The molecule has 0 radical (unpaired) electrons. The Hall–Kier alpha value is -3.46. The zero-order valence-electron chi connectivity index (χ0n) is 22.8. The number of likely N-dealkylation sites (tertiary alicyclic amines) is 1. The minimum absolute atomic E-state index is 0.00414. The van der Waals surface area contributed by atoms with Crippen molar-refractivity contribution >= 4 is 17.8 Å². The molecule has 1 atom stereocenters. The maximum atomic E-state index is 15.5. The van der Waals surface area contributed by atoms with Gasteiger partial charge in [-0.05, 0) is 64.8 Å². The molecule has 2 amide bonds. The predicted octanol–water partition coefficient (Wildman–Crippen LogP) is 3.68. The van der Waals surface area contributed by atoms with Gasteiger partial charge in [0.15, 0.2) is 0 Å². The molecule has 3 aliphatic heterocycles. The third kappa shape index (κ3) is 5.37. The number of carbonyl (C=O) groups excluding carboxylic acids is 3. The first-order chi connectivity index (χ1) is 18.5. The van der Waals surface area contributed by atoms with Gasteiger partial charge in [-0.2, -0.15) is 0 Å². The lowest BCUT2D eigenvalue weighted by Gasteiger charge is -2.38. The Kier molecular flexibility index (Phi) is 7.13. The molecular formula is C30H36FN3O5. The van der Waals surface area contributed by atoms with E-state index in [0.29, 0.717) is 17.9 Å². The number of nitrogens with zero attached hydrogens (tertiary/aromatic N) is 2. The average molecular weight is 538 g/mol. The molecule has 0 aliphatic carbocycles. The van der Waals surface area contributed by atoms with Crippen LogP contribution in [0.15, 0.2) is 36.4 Å². The molecule has 0 aromatic heterocycles. The molecule has 0 saturated carbocycles. The topological polar surface area (TPSA) is 102 Å². The first-order valence-corrected chi connectivity index (χ1v) is 13.5. The third-order valence-electron chi connectivity index (χ3n) is 8.01. The predicted molar refractivity (Wildman–Crippen MR) is 142 cm³/mol. The van der Waals surface area contributed by atoms with E-state index in [2.05, 4.69) is 17.0 Å². The van der Waals surface area contributed by atoms with Crippen LogP contribution in [0.1, 0.15) is 73.5 Å². The minimum atomic E-state index is -1.07. The van der Waals surface area contributed by atoms with Gasteiger partial charge in [0.25, 0.3) is 5.91 Å². The fourth-order valence-corrected chi connectivity index (χ4v) is 6.04. The second-order valence-electron chi connectivity index (χ2n) is 11.9. The number of hydrogen-bond acceptors (Lipinski definition) is 6. The van der Waals surface area contributed by atoms with Crippen LogP contribution in [0, 0.1) is 5.82 Å². The van der Waals surface area contributed by atoms with Crippen molar-refractivity contribution in [2.75, 3.05) is 19.7 Å². The first-order valence-electron chi connectivity index (χ1n) is 13.5. The fraction of sp³-hybridized carbons (Fsp3) is 0.500. The van der Waals surface area contributed by atoms with Crippen molar-refractivity contribution in [3.63, 3.8) is 0 Å². The molecule has 1 spiro atoms. The molecule has 39 heavy (non-hydrogen) atoms. The number of fused-ring (bicyclic) bond motifs is 4. The number of carbonyl (C=O) groups is 3. The van der Waals surface area contributed by atoms with E-state index in [1.54, 1.807) is 20.8 Å². The van der Waals surface area contributed by atoms with Gasteiger partial charge in [-0.15, -0.1) is 0 Å². The summed E-state index contributed by atoms with van der Waals surface area (Å²) in [5.74, 6) is -1.91. The van der Waals surface area contributed by atoms with Crippen LogP contribution in [0.2, 0.25) is 0 Å². The Morgan fingerprint density at radius 1 is 1.18 bits per heavy atom. The number of primary amides is 1. The molecule has 8 nitrogen and oxygen atoms in total. The molecule has 0 bridgehead atoms. The molecule has 0 unspecified atom stereocenters. The number of nitrogens with two attached hydrogens (primary N) is 1. The van der Waals surface area contributed by atoms with Gasteiger partial charge in [0.1, 0.15) is 23.2 Å². The Bertz CT molecular complexity index is 1280. The van der Waals surface area contributed by atoms with Gasteiger partial charge in [0.2, 0.25) is 5.91 Å². The summed E-state index contributed by atoms with van der Waals surface area (Å²) in [6, 6.07) is 10.7. The Morgan fingerprint density at radius 3 is 2.51 bits per heavy atom. The van der Waals surface area contributed by atoms with Crippen molar-refractivity contribution in [1.82, 2.24) is 9.80 Å². The average Bonchev–Trinajstić information content (AvgIpc) is 3.39. The summed E-state index contributed by atoms with van der Waals surface area (Å²) in [5.41, 5.74) is 7.11. The van der Waals surface area contributed by atoms with E-state index in [1.165, 1.54) is 16.5 Å². The SMILES string of the molecule is CC(C)(C)OC(=O)CC[C@@H](C(N)=O)N1Cc2c3c(cc(F)c2C1=O)C1(CCN(Cc2ccccc2)CC1)CO3. The highest BCUT2D eigenvalue weighted by Gasteiger charge is 2.48. The summed E-state index contributed by atoms with van der Waals surface area (Å²) in [6.45, 7) is 8.27. The Balaban J connectivity index is 1.32. The van der Waals surface area contributed by atoms with Crippen LogP contribution >= 0.6 is 0 Å². The van der Waals surface area contributed by atoms with E-state index < -0.39 is 35.2 Å². The van der Waals surface area contributed by atoms with Crippen LogP contribution in [0.4, 0.5) is 4.39 Å². The van der Waals surface area contributed by atoms with Crippen LogP contribution in [-0.2, 0) is 32.8 Å². The summed E-state index contributed by atoms with van der Waals surface area (Å²) in [4.78, 5) is 41.6. The van der Waals surface area contributed by atoms with Crippen LogP contribution in [0.25, 0.3) is 0 Å². The van der Waals surface area contributed by atoms with Crippen molar-refractivity contribution in [1.29, 1.82) is 0 Å². The van der Waals surface area contributed by atoms with Gasteiger partial charge in [-0.25, -0.2) is 4.39 Å². The molecule has 2 N–H and O–H groups in total. The standard InChI is InChI=1S/C30H36FN3O5/c1-29(2,3)39-24(35)10-9-23(27(32)36)34-17-20-25(28(34)37)22(31)15-21-26(20)38-18-30(21)11-13-33(14-12-30)16-19-7-5-4-6-8-19/h4-8,15,23H,9-14,16-18H2,1-3H3,(H2,32,36)/t23-/m0/s1. The van der Waals surface area contributed by atoms with Gasteiger partial charge in [-0.1, -0.05) is 30.3 Å². The lowest BCUT2D eigenvalue weighted by Crippen LogP contribution is -2.45. The lowest BCUT2D eigenvalue weighted by atomic mass is 9.73. The van der Waals surface area contributed by atoms with Crippen molar-refractivity contribution < 1.29 is 28.2 Å². The molecule has 9 heteroatoms. The lowest BCUT2D eigenvalue weighted by molar-refractivity contribution is -0.155. The first kappa shape index (κ1) is 27.1. The number of benzene rings is 2. The molecule has 3 aliphatic rings. The summed E-state index contributed by atoms with van der Waals surface area (Å²) in [7, 11) is 0. The number of ether oxygens (including phenoxy) is 2. The highest BCUT2D eigenvalue weighted by molar-refractivity contribution is 6.02. The van der Waals surface area contributed by atoms with Crippen molar-refractivity contribution in [3.05, 3.63) is 64.5 Å². The zero-order valence-corrected chi connectivity index (χ0v) is 22.8. The van der Waals surface area contributed by atoms with E-state index in [0.717, 1.165) is 38.0 Å². The maximum absolute atomic E-state index is 15.5. The van der Waals surface area contributed by atoms with Crippen LogP contribution < -0.4 is 10.5 Å². The van der Waals surface area contributed by atoms with Crippen molar-refractivity contribution in [2.24, 2.45) is 5.73 Å². The second kappa shape index (κ2) is 10.3. The van der Waals surface area contributed by atoms with E-state index in [9.17, 15) is 14.4 Å². The van der Waals surface area contributed by atoms with E-state index in [1.807, 2.05) is 18.2 Å². The van der Waals surface area contributed by atoms with Crippen LogP contribution in [0.5, 0.6) is 5.75 Å². The normalized spacial score (nSPS) is 19.0. The molecule has 208 valence electrons. The monoisotopic (exact) mass is 537 g/mol. The number of amides is 2. The summed E-state index contributed by atoms with van der Waals surface area (Å²) < 4.78 is 27.0. The number of piperidine rings is 1. The van der Waals surface area contributed by atoms with Gasteiger partial charge >= 0.3 is 5.97 Å². The summed E-state index contributed by atoms with van der Waals surface area (Å²) in [5, 5.41) is 0. The molecular weight excluding hydrogens is 501 g/mol. The highest BCUT2D eigenvalue weighted by atomic mass is 19.1. The number of rotatable bonds is 7. The van der Waals surface area contributed by atoms with Crippen molar-refractivity contribution in [3.8, 4) is 5.75 Å². The Labute approximate surface area is 228 Å². The fourth-order valence-electron chi connectivity index (χ4n) is 6.04. The third-order valence-corrected chi connectivity index (χ3v) is 8.01. The van der Waals surface area contributed by atoms with E-state index >= 15 is 4.39 Å². The van der Waals surface area contributed by atoms with Gasteiger partial charge in [0.05, 0.1) is 18.7 Å². The summed E-state index contributed by atoms with van der Waals surface area (Å²) in [6.07, 6.45) is 1.55. The highest BCUT2D eigenvalue weighted by Crippen LogP contribution is 2.50. The van der Waals surface area contributed by atoms with E-state index in [-0.39, 0.29) is 30.4 Å². The maximum Gasteiger partial charge on any atom is 0.306 e. The number of hydrogen-bond donors (Lipinski definition) is 1. The van der Waals surface area contributed by atoms with Crippen LogP contribution in [-0.4, -0.2) is 58.9 Å². The van der Waals surface area contributed by atoms with E-state index in [4.69, 9.17) is 15.2 Å². The minimum Gasteiger partial charge on any atom is -0.492 e. The molecule has 3 heterocycles. The largest absolute Gasteiger partial charge is 0.492 e. The summed E-state index contributed by atoms with van der Waals surface area (Å²) >= 11 is 0. The van der Waals surface area contributed by atoms with Crippen molar-refractivity contribution in [2.45, 2.75) is 76.6 Å². The van der Waals surface area contributed by atoms with Gasteiger partial charge in [-0.3, -0.25) is 19.3 Å². The van der Waals surface area contributed by atoms with Gasteiger partial charge in [0, 0.05) is 29.5 Å². The molecule has 2 aromatic rings. The smallest absolute Gasteiger partial charge is 0.306 e. The number of esters is 1. The molecule has 2 aromatic carbocycles. The molecule has 1 fully saturated rings. The Morgan fingerprint density at radius 2 is 1.87 bits per heavy atom. The second-order valence-corrected chi connectivity index (χ2v) is 11.9. The zero-order chi connectivity index (χ0) is 27.9. The number of halogens is 1. The molecule has 1 saturated heterocycles.